The highest BCUT2D eigenvalue weighted by Crippen LogP contribution is 2.32. The van der Waals surface area contributed by atoms with Gasteiger partial charge in [-0.15, -0.1) is 0 Å². The van der Waals surface area contributed by atoms with E-state index >= 15 is 0 Å². The number of nitrogens with one attached hydrogen (secondary N) is 1. The van der Waals surface area contributed by atoms with Crippen molar-refractivity contribution in [1.29, 1.82) is 0 Å². The molecule has 0 unspecified atom stereocenters. The molecule has 0 aliphatic carbocycles. The fourth-order valence-electron chi connectivity index (χ4n) is 3.94. The fourth-order valence-corrected chi connectivity index (χ4v) is 5.60. The van der Waals surface area contributed by atoms with Gasteiger partial charge in [0.1, 0.15) is 18.3 Å². The van der Waals surface area contributed by atoms with Gasteiger partial charge in [0.2, 0.25) is 11.8 Å². The Labute approximate surface area is 235 Å². The zero-order valence-electron chi connectivity index (χ0n) is 22.7. The van der Waals surface area contributed by atoms with Crippen molar-refractivity contribution in [1.82, 2.24) is 10.2 Å². The van der Waals surface area contributed by atoms with Crippen LogP contribution in [-0.4, -0.2) is 50.9 Å². The lowest BCUT2D eigenvalue weighted by atomic mass is 10.1. The number of hydrogen-bond donors (Lipinski definition) is 1. The SMILES string of the molecule is COc1ccc(N(CC(=O)N(Cc2ccccc2)[C@@H](C)C(=O)NC(C)C)S(=O)(=O)c2ccc(C)cc2)cc1Cl. The average molecular weight is 572 g/mol. The average Bonchev–Trinajstić information content (AvgIpc) is 2.90. The second-order valence-electron chi connectivity index (χ2n) is 9.49. The van der Waals surface area contributed by atoms with Gasteiger partial charge in [0.25, 0.3) is 10.0 Å². The Morgan fingerprint density at radius 1 is 0.974 bits per heavy atom. The Morgan fingerprint density at radius 3 is 2.18 bits per heavy atom. The lowest BCUT2D eigenvalue weighted by Crippen LogP contribution is -2.52. The first-order chi connectivity index (χ1) is 18.4. The van der Waals surface area contributed by atoms with E-state index in [0.717, 1.165) is 15.4 Å². The lowest BCUT2D eigenvalue weighted by molar-refractivity contribution is -0.139. The van der Waals surface area contributed by atoms with Gasteiger partial charge in [0.15, 0.2) is 0 Å². The molecule has 0 radical (unpaired) electrons. The van der Waals surface area contributed by atoms with Crippen LogP contribution in [0.4, 0.5) is 5.69 Å². The van der Waals surface area contributed by atoms with Crippen LogP contribution in [0, 0.1) is 6.92 Å². The van der Waals surface area contributed by atoms with Crippen molar-refractivity contribution in [2.75, 3.05) is 18.0 Å². The van der Waals surface area contributed by atoms with Crippen molar-refractivity contribution < 1.29 is 22.7 Å². The Hall–Kier alpha value is -3.56. The number of aryl methyl sites for hydroxylation is 1. The van der Waals surface area contributed by atoms with Crippen molar-refractivity contribution in [2.45, 2.75) is 51.2 Å². The van der Waals surface area contributed by atoms with E-state index in [9.17, 15) is 18.0 Å². The number of anilines is 1. The fraction of sp³-hybridized carbons (Fsp3) is 0.310. The van der Waals surface area contributed by atoms with Gasteiger partial charge in [0, 0.05) is 12.6 Å². The molecule has 0 saturated carbocycles. The van der Waals surface area contributed by atoms with E-state index in [0.29, 0.717) is 5.75 Å². The summed E-state index contributed by atoms with van der Waals surface area (Å²) in [6.07, 6.45) is 0. The van der Waals surface area contributed by atoms with E-state index in [1.165, 1.54) is 36.3 Å². The maximum Gasteiger partial charge on any atom is 0.264 e. The van der Waals surface area contributed by atoms with Crippen LogP contribution in [0.2, 0.25) is 5.02 Å². The van der Waals surface area contributed by atoms with Gasteiger partial charge in [0.05, 0.1) is 22.7 Å². The number of rotatable bonds is 11. The van der Waals surface area contributed by atoms with Gasteiger partial charge in [-0.1, -0.05) is 59.6 Å². The molecule has 0 aliphatic heterocycles. The van der Waals surface area contributed by atoms with Crippen LogP contribution in [0.3, 0.4) is 0 Å². The van der Waals surface area contributed by atoms with Crippen molar-refractivity contribution in [3.63, 3.8) is 0 Å². The summed E-state index contributed by atoms with van der Waals surface area (Å²) in [6.45, 7) is 6.71. The van der Waals surface area contributed by atoms with Crippen molar-refractivity contribution in [3.05, 3.63) is 88.9 Å². The van der Waals surface area contributed by atoms with Crippen LogP contribution in [0.1, 0.15) is 31.9 Å². The minimum absolute atomic E-state index is 0.0213. The topological polar surface area (TPSA) is 96.0 Å². The molecule has 2 amide bonds. The normalized spacial score (nSPS) is 12.1. The molecule has 3 rings (SSSR count). The van der Waals surface area contributed by atoms with Gasteiger partial charge in [-0.2, -0.15) is 0 Å². The number of nitrogens with zero attached hydrogens (tertiary/aromatic N) is 2. The van der Waals surface area contributed by atoms with E-state index in [4.69, 9.17) is 16.3 Å². The standard InChI is InChI=1S/C29H34ClN3O5S/c1-20(2)31-29(35)22(4)32(18-23-9-7-6-8-10-23)28(34)19-33(24-13-16-27(38-5)26(30)17-24)39(36,37)25-14-11-21(3)12-15-25/h6-17,20,22H,18-19H2,1-5H3,(H,31,35)/t22-/m0/s1. The molecule has 0 bridgehead atoms. The largest absolute Gasteiger partial charge is 0.495 e. The number of carbonyl (C=O) groups excluding carboxylic acids is 2. The highest BCUT2D eigenvalue weighted by molar-refractivity contribution is 7.92. The van der Waals surface area contributed by atoms with Gasteiger partial charge in [-0.05, 0) is 63.6 Å². The second-order valence-corrected chi connectivity index (χ2v) is 11.8. The molecule has 0 aliphatic rings. The van der Waals surface area contributed by atoms with Crippen LogP contribution in [0.25, 0.3) is 0 Å². The predicted molar refractivity (Wildman–Crippen MR) is 153 cm³/mol. The van der Waals surface area contributed by atoms with Crippen molar-refractivity contribution >= 4 is 39.1 Å². The maximum atomic E-state index is 13.9. The highest BCUT2D eigenvalue weighted by atomic mass is 35.5. The minimum atomic E-state index is -4.19. The summed E-state index contributed by atoms with van der Waals surface area (Å²) < 4.78 is 34.0. The molecule has 3 aromatic carbocycles. The number of carbonyl (C=O) groups is 2. The van der Waals surface area contributed by atoms with E-state index in [-0.39, 0.29) is 34.1 Å². The van der Waals surface area contributed by atoms with E-state index in [1.807, 2.05) is 51.1 Å². The summed E-state index contributed by atoms with van der Waals surface area (Å²) in [5.74, 6) is -0.522. The Balaban J connectivity index is 2.06. The smallest absolute Gasteiger partial charge is 0.264 e. The number of halogens is 1. The van der Waals surface area contributed by atoms with Crippen molar-refractivity contribution in [2.24, 2.45) is 0 Å². The van der Waals surface area contributed by atoms with Crippen molar-refractivity contribution in [3.8, 4) is 5.75 Å². The van der Waals surface area contributed by atoms with Crippen LogP contribution >= 0.6 is 11.6 Å². The molecule has 208 valence electrons. The molecule has 1 N–H and O–H groups in total. The summed E-state index contributed by atoms with van der Waals surface area (Å²) in [5, 5.41) is 3.03. The summed E-state index contributed by atoms with van der Waals surface area (Å²) >= 11 is 6.34. The third-order valence-corrected chi connectivity index (χ3v) is 8.19. The first-order valence-electron chi connectivity index (χ1n) is 12.5. The van der Waals surface area contributed by atoms with E-state index < -0.39 is 28.5 Å². The lowest BCUT2D eigenvalue weighted by Gasteiger charge is -2.32. The minimum Gasteiger partial charge on any atom is -0.495 e. The third-order valence-electron chi connectivity index (χ3n) is 6.11. The molecule has 0 saturated heterocycles. The molecular formula is C29H34ClN3O5S. The van der Waals surface area contributed by atoms with Crippen LogP contribution in [0.5, 0.6) is 5.75 Å². The summed E-state index contributed by atoms with van der Waals surface area (Å²) in [4.78, 5) is 28.2. The quantitative estimate of drug-likeness (QED) is 0.357. The number of methoxy groups -OCH3 is 1. The van der Waals surface area contributed by atoms with Crippen LogP contribution in [-0.2, 0) is 26.2 Å². The molecule has 8 nitrogen and oxygen atoms in total. The zero-order chi connectivity index (χ0) is 28.7. The molecule has 3 aromatic rings. The molecule has 1 atom stereocenters. The number of amides is 2. The maximum absolute atomic E-state index is 13.9. The monoisotopic (exact) mass is 571 g/mol. The first kappa shape index (κ1) is 30.0. The second kappa shape index (κ2) is 13.0. The molecule has 39 heavy (non-hydrogen) atoms. The Kier molecular flexibility index (Phi) is 9.99. The van der Waals surface area contributed by atoms with Crippen LogP contribution < -0.4 is 14.4 Å². The molecule has 0 aromatic heterocycles. The number of ether oxygens (including phenoxy) is 1. The summed E-state index contributed by atoms with van der Waals surface area (Å²) in [5.41, 5.74) is 1.88. The zero-order valence-corrected chi connectivity index (χ0v) is 24.3. The summed E-state index contributed by atoms with van der Waals surface area (Å²) in [6, 6.07) is 19.1. The molecule has 0 heterocycles. The molecule has 0 fully saturated rings. The van der Waals surface area contributed by atoms with Crippen LogP contribution in [0.15, 0.2) is 77.7 Å². The van der Waals surface area contributed by atoms with Gasteiger partial charge in [-0.3, -0.25) is 13.9 Å². The van der Waals surface area contributed by atoms with Gasteiger partial charge in [-0.25, -0.2) is 8.42 Å². The molecular weight excluding hydrogens is 538 g/mol. The number of hydrogen-bond acceptors (Lipinski definition) is 5. The van der Waals surface area contributed by atoms with Gasteiger partial charge >= 0.3 is 0 Å². The van der Waals surface area contributed by atoms with E-state index in [2.05, 4.69) is 5.32 Å². The third kappa shape index (κ3) is 7.52. The summed E-state index contributed by atoms with van der Waals surface area (Å²) in [7, 11) is -2.73. The first-order valence-corrected chi connectivity index (χ1v) is 14.3. The molecule has 10 heteroatoms. The predicted octanol–water partition coefficient (Wildman–Crippen LogP) is 4.79. The molecule has 0 spiro atoms. The Bertz CT molecular complexity index is 1400. The van der Waals surface area contributed by atoms with E-state index in [1.54, 1.807) is 25.1 Å². The highest BCUT2D eigenvalue weighted by Gasteiger charge is 2.33. The Morgan fingerprint density at radius 2 is 1.62 bits per heavy atom. The number of benzene rings is 3. The van der Waals surface area contributed by atoms with Gasteiger partial charge < -0.3 is 15.0 Å². The number of sulfonamides is 1.